The Morgan fingerprint density at radius 1 is 0.455 bits per heavy atom. The highest BCUT2D eigenvalue weighted by atomic mass is 31.2. The van der Waals surface area contributed by atoms with E-state index < -0.39 is 26.5 Å². The summed E-state index contributed by atoms with van der Waals surface area (Å²) in [5.74, 6) is -0.793. The summed E-state index contributed by atoms with van der Waals surface area (Å²) >= 11 is 0. The maximum atomic E-state index is 12.7. The number of esters is 2. The molecule has 0 fully saturated rings. The zero-order valence-corrected chi connectivity index (χ0v) is 45.4. The lowest BCUT2D eigenvalue weighted by Crippen LogP contribution is -2.37. The maximum Gasteiger partial charge on any atom is 0.472 e. The molecule has 0 saturated heterocycles. The number of phosphoric acid groups is 1. The van der Waals surface area contributed by atoms with E-state index in [4.69, 9.17) is 18.5 Å². The lowest BCUT2D eigenvalue weighted by Gasteiger charge is -2.24. The Morgan fingerprint density at radius 3 is 1.14 bits per heavy atom. The summed E-state index contributed by atoms with van der Waals surface area (Å²) in [6, 6.07) is 0. The molecule has 0 radical (unpaired) electrons. The van der Waals surface area contributed by atoms with Crippen LogP contribution in [0.1, 0.15) is 284 Å². The van der Waals surface area contributed by atoms with Gasteiger partial charge in [-0.05, 0) is 38.5 Å². The first-order valence-corrected chi connectivity index (χ1v) is 29.9. The van der Waals surface area contributed by atoms with Gasteiger partial charge in [-0.3, -0.25) is 18.6 Å². The predicted molar refractivity (Wildman–Crippen MR) is 280 cm³/mol. The molecule has 0 aliphatic carbocycles. The van der Waals surface area contributed by atoms with Crippen molar-refractivity contribution in [3.05, 3.63) is 12.2 Å². The van der Waals surface area contributed by atoms with Crippen molar-refractivity contribution in [3.63, 3.8) is 0 Å². The third-order valence-corrected chi connectivity index (χ3v) is 13.8. The summed E-state index contributed by atoms with van der Waals surface area (Å²) in [5.41, 5.74) is 0. The van der Waals surface area contributed by atoms with Crippen molar-refractivity contribution >= 4 is 19.8 Å². The Bertz CT molecular complexity index is 1130. The van der Waals surface area contributed by atoms with Gasteiger partial charge in [0.2, 0.25) is 0 Å². The fourth-order valence-corrected chi connectivity index (χ4v) is 9.11. The molecule has 1 N–H and O–H groups in total. The van der Waals surface area contributed by atoms with Crippen LogP contribution in [0.4, 0.5) is 0 Å². The smallest absolute Gasteiger partial charge is 0.462 e. The molecule has 392 valence electrons. The molecule has 9 nitrogen and oxygen atoms in total. The normalized spacial score (nSPS) is 13.4. The molecule has 0 heterocycles. The summed E-state index contributed by atoms with van der Waals surface area (Å²) in [6.07, 6.45) is 55.8. The number of rotatable bonds is 53. The SMILES string of the molecule is CCCCCC/C=C\CCCCCCCC(=O)OC(COC(=O)CCCCCCCCCCCCCCCCCCCCCCCCCCCCCCC)COP(=O)(O)OCC[N+](C)(C)C. The third kappa shape index (κ3) is 52.1. The first kappa shape index (κ1) is 64.8. The lowest BCUT2D eigenvalue weighted by molar-refractivity contribution is -0.870. The molecule has 0 aliphatic heterocycles. The summed E-state index contributed by atoms with van der Waals surface area (Å²) in [4.78, 5) is 35.5. The van der Waals surface area contributed by atoms with Crippen LogP contribution in [-0.4, -0.2) is 74.9 Å². The minimum Gasteiger partial charge on any atom is -0.462 e. The number of nitrogens with zero attached hydrogens (tertiary/aromatic N) is 1. The molecular weight excluding hydrogens is 846 g/mol. The van der Waals surface area contributed by atoms with Gasteiger partial charge in [-0.15, -0.1) is 0 Å². The van der Waals surface area contributed by atoms with Crippen LogP contribution in [0.25, 0.3) is 0 Å². The number of quaternary nitrogens is 1. The Labute approximate surface area is 409 Å². The quantitative estimate of drug-likeness (QED) is 0.0211. The van der Waals surface area contributed by atoms with Gasteiger partial charge in [-0.2, -0.15) is 0 Å². The number of phosphoric ester groups is 1. The predicted octanol–water partition coefficient (Wildman–Crippen LogP) is 17.3. The van der Waals surface area contributed by atoms with E-state index in [2.05, 4.69) is 26.0 Å². The van der Waals surface area contributed by atoms with Crippen LogP contribution in [0.3, 0.4) is 0 Å². The van der Waals surface area contributed by atoms with E-state index in [0.29, 0.717) is 23.9 Å². The molecule has 0 bridgehead atoms. The van der Waals surface area contributed by atoms with Gasteiger partial charge in [-0.1, -0.05) is 244 Å². The van der Waals surface area contributed by atoms with Gasteiger partial charge in [0, 0.05) is 12.8 Å². The standard InChI is InChI=1S/C56H110NO8P/c1-6-8-10-12-14-16-18-20-21-22-23-24-25-26-27-28-29-30-31-32-33-34-35-37-38-40-42-44-46-48-55(58)62-52-54(53-64-66(60,61)63-51-50-57(3,4)5)65-56(59)49-47-45-43-41-39-36-19-17-15-13-11-9-7-2/h17,19,54H,6-16,18,20-53H2,1-5H3/p+1/b19-17-. The average molecular weight is 957 g/mol. The summed E-state index contributed by atoms with van der Waals surface area (Å²) in [6.45, 7) is 4.45. The van der Waals surface area contributed by atoms with Crippen LogP contribution < -0.4 is 0 Å². The van der Waals surface area contributed by atoms with Crippen molar-refractivity contribution < 1.29 is 42.1 Å². The maximum absolute atomic E-state index is 12.7. The first-order chi connectivity index (χ1) is 32.0. The van der Waals surface area contributed by atoms with Gasteiger partial charge < -0.3 is 18.9 Å². The summed E-state index contributed by atoms with van der Waals surface area (Å²) in [7, 11) is 1.49. The minimum atomic E-state index is -4.38. The Kier molecular flexibility index (Phi) is 47.8. The van der Waals surface area contributed by atoms with Crippen molar-refractivity contribution in [3.8, 4) is 0 Å². The van der Waals surface area contributed by atoms with Crippen molar-refractivity contribution in [1.29, 1.82) is 0 Å². The topological polar surface area (TPSA) is 108 Å². The average Bonchev–Trinajstić information content (AvgIpc) is 3.27. The first-order valence-electron chi connectivity index (χ1n) is 28.4. The van der Waals surface area contributed by atoms with Gasteiger partial charge in [0.25, 0.3) is 0 Å². The number of allylic oxidation sites excluding steroid dienone is 2. The van der Waals surface area contributed by atoms with Gasteiger partial charge >= 0.3 is 19.8 Å². The van der Waals surface area contributed by atoms with E-state index in [0.717, 1.165) is 51.4 Å². The third-order valence-electron chi connectivity index (χ3n) is 12.8. The van der Waals surface area contributed by atoms with Crippen molar-refractivity contribution in [2.24, 2.45) is 0 Å². The van der Waals surface area contributed by atoms with Gasteiger partial charge in [0.15, 0.2) is 6.10 Å². The zero-order chi connectivity index (χ0) is 48.5. The van der Waals surface area contributed by atoms with E-state index in [-0.39, 0.29) is 25.6 Å². The number of likely N-dealkylation sites (N-methyl/N-ethyl adjacent to an activating group) is 1. The molecule has 0 aliphatic rings. The molecule has 0 rings (SSSR count). The molecule has 0 spiro atoms. The number of carbonyl (C=O) groups excluding carboxylic acids is 2. The Balaban J connectivity index is 4.00. The molecule has 66 heavy (non-hydrogen) atoms. The highest BCUT2D eigenvalue weighted by Gasteiger charge is 2.27. The van der Waals surface area contributed by atoms with E-state index >= 15 is 0 Å². The Hall–Kier alpha value is -1.25. The number of hydrogen-bond acceptors (Lipinski definition) is 7. The Morgan fingerprint density at radius 2 is 0.773 bits per heavy atom. The molecule has 0 amide bonds. The second-order valence-electron chi connectivity index (χ2n) is 20.7. The van der Waals surface area contributed by atoms with Crippen molar-refractivity contribution in [2.45, 2.75) is 290 Å². The fourth-order valence-electron chi connectivity index (χ4n) is 8.37. The molecule has 0 aromatic rings. The molecule has 0 aromatic heterocycles. The second kappa shape index (κ2) is 48.8. The van der Waals surface area contributed by atoms with Crippen molar-refractivity contribution in [1.82, 2.24) is 0 Å². The monoisotopic (exact) mass is 957 g/mol. The molecule has 2 unspecified atom stereocenters. The zero-order valence-electron chi connectivity index (χ0n) is 44.5. The molecule has 0 aromatic carbocycles. The number of carbonyl (C=O) groups is 2. The van der Waals surface area contributed by atoms with Crippen LogP contribution >= 0.6 is 7.82 Å². The molecule has 2 atom stereocenters. The minimum absolute atomic E-state index is 0.0335. The van der Waals surface area contributed by atoms with Crippen LogP contribution in [0.15, 0.2) is 12.2 Å². The summed E-state index contributed by atoms with van der Waals surface area (Å²) in [5, 5.41) is 0. The van der Waals surface area contributed by atoms with Gasteiger partial charge in [-0.25, -0.2) is 4.57 Å². The largest absolute Gasteiger partial charge is 0.472 e. The number of hydrogen-bond donors (Lipinski definition) is 1. The molecule has 0 saturated carbocycles. The van der Waals surface area contributed by atoms with E-state index in [1.165, 1.54) is 199 Å². The van der Waals surface area contributed by atoms with Gasteiger partial charge in [0.1, 0.15) is 19.8 Å². The van der Waals surface area contributed by atoms with Crippen LogP contribution in [0.5, 0.6) is 0 Å². The van der Waals surface area contributed by atoms with Crippen molar-refractivity contribution in [2.75, 3.05) is 47.5 Å². The van der Waals surface area contributed by atoms with Crippen LogP contribution in [0.2, 0.25) is 0 Å². The lowest BCUT2D eigenvalue weighted by atomic mass is 10.0. The van der Waals surface area contributed by atoms with Gasteiger partial charge in [0.05, 0.1) is 27.7 Å². The van der Waals surface area contributed by atoms with E-state index in [1.54, 1.807) is 0 Å². The van der Waals surface area contributed by atoms with E-state index in [1.807, 2.05) is 21.1 Å². The highest BCUT2D eigenvalue weighted by Crippen LogP contribution is 2.43. The van der Waals surface area contributed by atoms with Crippen LogP contribution in [0, 0.1) is 0 Å². The van der Waals surface area contributed by atoms with Crippen LogP contribution in [-0.2, 0) is 32.7 Å². The number of unbranched alkanes of at least 4 members (excludes halogenated alkanes) is 37. The summed E-state index contributed by atoms with van der Waals surface area (Å²) < 4.78 is 34.5. The highest BCUT2D eigenvalue weighted by molar-refractivity contribution is 7.47. The molecular formula is C56H111NO8P+. The van der Waals surface area contributed by atoms with E-state index in [9.17, 15) is 19.0 Å². The molecule has 10 heteroatoms. The number of ether oxygens (including phenoxy) is 2. The second-order valence-corrected chi connectivity index (χ2v) is 22.1. The fraction of sp³-hybridized carbons (Fsp3) is 0.929.